The third kappa shape index (κ3) is 9.78. The molecule has 4 N–H and O–H groups in total. The van der Waals surface area contributed by atoms with Gasteiger partial charge in [0.25, 0.3) is 0 Å². The Bertz CT molecular complexity index is 943. The number of nitrogens with one attached hydrogen (secondary N) is 1. The van der Waals surface area contributed by atoms with Crippen molar-refractivity contribution in [2.45, 2.75) is 73.0 Å². The van der Waals surface area contributed by atoms with E-state index in [1.165, 1.54) is 0 Å². The van der Waals surface area contributed by atoms with Gasteiger partial charge in [0, 0.05) is 17.4 Å². The monoisotopic (exact) mass is 519 g/mol. The van der Waals surface area contributed by atoms with Crippen LogP contribution in [0.15, 0.2) is 23.3 Å². The molecule has 0 bridgehead atoms. The fourth-order valence-corrected chi connectivity index (χ4v) is 4.18. The second kappa shape index (κ2) is 14.7. The number of nitrogens with two attached hydrogens (primary N) is 1. The van der Waals surface area contributed by atoms with E-state index >= 15 is 0 Å². The van der Waals surface area contributed by atoms with Gasteiger partial charge in [-0.05, 0) is 74.1 Å². The Morgan fingerprint density at radius 2 is 1.73 bits per heavy atom. The van der Waals surface area contributed by atoms with Crippen LogP contribution in [0.4, 0.5) is 0 Å². The summed E-state index contributed by atoms with van der Waals surface area (Å²) in [5.41, 5.74) is 14.8. The van der Waals surface area contributed by atoms with Crippen LogP contribution in [-0.4, -0.2) is 49.8 Å². The van der Waals surface area contributed by atoms with Crippen molar-refractivity contribution in [3.63, 3.8) is 0 Å². The summed E-state index contributed by atoms with van der Waals surface area (Å²) >= 11 is 0. The quantitative estimate of drug-likeness (QED) is 0.169. The van der Waals surface area contributed by atoms with Crippen LogP contribution in [0.1, 0.15) is 59.9 Å². The summed E-state index contributed by atoms with van der Waals surface area (Å²) < 4.78 is 10.7. The van der Waals surface area contributed by atoms with Gasteiger partial charge in [0.1, 0.15) is 0 Å². The summed E-state index contributed by atoms with van der Waals surface area (Å²) in [5, 5.41) is 17.8. The minimum absolute atomic E-state index is 0.0780. The minimum atomic E-state index is -1.01. The van der Waals surface area contributed by atoms with Crippen molar-refractivity contribution in [2.24, 2.45) is 39.9 Å². The van der Waals surface area contributed by atoms with E-state index in [9.17, 15) is 20.2 Å². The third-order valence-electron chi connectivity index (χ3n) is 7.09. The largest absolute Gasteiger partial charge is 0.493 e. The van der Waals surface area contributed by atoms with Crippen LogP contribution < -0.4 is 20.5 Å². The number of nitrogens with zero attached hydrogens (tertiary/aromatic N) is 3. The molecule has 1 aromatic rings. The Kier molecular flexibility index (Phi) is 12.7. The highest BCUT2D eigenvalue weighted by molar-refractivity contribution is 5.83. The average Bonchev–Trinajstić information content (AvgIpc) is 2.84. The summed E-state index contributed by atoms with van der Waals surface area (Å²) in [6.07, 6.45) is 0.271. The zero-order chi connectivity index (χ0) is 28.3. The van der Waals surface area contributed by atoms with Gasteiger partial charge < -0.3 is 25.6 Å². The van der Waals surface area contributed by atoms with Crippen molar-refractivity contribution in [2.75, 3.05) is 20.8 Å². The number of rotatable bonds is 16. The Morgan fingerprint density at radius 1 is 1.11 bits per heavy atom. The fourth-order valence-electron chi connectivity index (χ4n) is 4.18. The molecule has 0 aliphatic carbocycles. The number of hydrogen-bond donors (Lipinski definition) is 3. The molecule has 4 atom stereocenters. The van der Waals surface area contributed by atoms with Gasteiger partial charge in [-0.25, -0.2) is 0 Å². The Hall–Kier alpha value is -2.97. The number of aliphatic hydroxyl groups is 1. The summed E-state index contributed by atoms with van der Waals surface area (Å²) in [5.74, 6) is 0.249. The van der Waals surface area contributed by atoms with Crippen LogP contribution >= 0.6 is 0 Å². The molecule has 37 heavy (non-hydrogen) atoms. The molecule has 0 radical (unpaired) electrons. The first kappa shape index (κ1) is 32.1. The van der Waals surface area contributed by atoms with Gasteiger partial charge in [0.2, 0.25) is 11.8 Å². The molecule has 0 spiro atoms. The summed E-state index contributed by atoms with van der Waals surface area (Å²) in [6.45, 7) is 11.4. The van der Waals surface area contributed by atoms with Crippen LogP contribution in [0.5, 0.6) is 11.5 Å². The molecular weight excluding hydrogens is 474 g/mol. The summed E-state index contributed by atoms with van der Waals surface area (Å²) in [4.78, 5) is 27.5. The number of amides is 2. The van der Waals surface area contributed by atoms with E-state index in [1.807, 2.05) is 32.0 Å². The molecule has 1 rings (SSSR count). The van der Waals surface area contributed by atoms with Crippen LogP contribution in [0.2, 0.25) is 0 Å². The van der Waals surface area contributed by atoms with Crippen molar-refractivity contribution >= 4 is 11.8 Å². The highest BCUT2D eigenvalue weighted by atomic mass is 16.5. The van der Waals surface area contributed by atoms with E-state index in [4.69, 9.17) is 15.2 Å². The number of ether oxygens (including phenoxy) is 2. The molecule has 0 heterocycles. The van der Waals surface area contributed by atoms with Crippen molar-refractivity contribution in [1.82, 2.24) is 5.32 Å². The van der Waals surface area contributed by atoms with Crippen LogP contribution in [-0.2, 0) is 16.0 Å². The normalized spacial score (nSPS) is 14.9. The van der Waals surface area contributed by atoms with Gasteiger partial charge in [-0.1, -0.05) is 38.9 Å². The average molecular weight is 520 g/mol. The number of aliphatic hydroxyl groups excluding tert-OH is 1. The van der Waals surface area contributed by atoms with Gasteiger partial charge in [-0.2, -0.15) is 0 Å². The first-order chi connectivity index (χ1) is 17.3. The number of azide groups is 1. The summed E-state index contributed by atoms with van der Waals surface area (Å²) in [7, 11) is 3.18. The van der Waals surface area contributed by atoms with Crippen LogP contribution in [0.25, 0.3) is 10.4 Å². The van der Waals surface area contributed by atoms with Crippen molar-refractivity contribution in [3.8, 4) is 11.5 Å². The molecule has 0 unspecified atom stereocenters. The number of methoxy groups -OCH3 is 2. The molecule has 0 fully saturated rings. The zero-order valence-electron chi connectivity index (χ0n) is 23.5. The molecule has 0 aromatic heterocycles. The van der Waals surface area contributed by atoms with Crippen molar-refractivity contribution < 1.29 is 24.2 Å². The number of carbonyl (C=O) groups is 2. The van der Waals surface area contributed by atoms with Crippen molar-refractivity contribution in [1.29, 1.82) is 0 Å². The van der Waals surface area contributed by atoms with Gasteiger partial charge >= 0.3 is 0 Å². The van der Waals surface area contributed by atoms with E-state index in [2.05, 4.69) is 29.2 Å². The Morgan fingerprint density at radius 3 is 2.22 bits per heavy atom. The number of hydrogen-bond acceptors (Lipinski definition) is 6. The molecule has 0 saturated heterocycles. The number of carbonyl (C=O) groups excluding carboxylic acids is 2. The topological polar surface area (TPSA) is 160 Å². The Labute approximate surface area is 220 Å². The molecular formula is C27H45N5O5. The van der Waals surface area contributed by atoms with Gasteiger partial charge in [-0.15, -0.1) is 0 Å². The lowest BCUT2D eigenvalue weighted by Gasteiger charge is -2.30. The maximum atomic E-state index is 13.0. The van der Waals surface area contributed by atoms with E-state index in [1.54, 1.807) is 28.1 Å². The predicted molar refractivity (Wildman–Crippen MR) is 144 cm³/mol. The molecule has 2 amide bonds. The van der Waals surface area contributed by atoms with E-state index in [-0.39, 0.29) is 36.6 Å². The molecule has 10 heteroatoms. The van der Waals surface area contributed by atoms with Gasteiger partial charge in [0.15, 0.2) is 11.5 Å². The minimum Gasteiger partial charge on any atom is -0.493 e. The Balaban J connectivity index is 3.03. The SMILES string of the molecule is COc1ccc(C[C@@H](C[C@H](N=[N+]=[N-])[C@@H](O)C[C@H](C(=O)NCC(C)(C)C(N)=O)C(C)C)C(C)C)cc1OC. The van der Waals surface area contributed by atoms with Gasteiger partial charge in [-0.3, -0.25) is 9.59 Å². The highest BCUT2D eigenvalue weighted by Crippen LogP contribution is 2.32. The first-order valence-electron chi connectivity index (χ1n) is 12.8. The lowest BCUT2D eigenvalue weighted by atomic mass is 9.80. The van der Waals surface area contributed by atoms with Crippen LogP contribution in [0, 0.1) is 29.1 Å². The maximum Gasteiger partial charge on any atom is 0.224 e. The second-order valence-corrected chi connectivity index (χ2v) is 11.0. The summed E-state index contributed by atoms with van der Waals surface area (Å²) in [6, 6.07) is 5.06. The molecule has 208 valence electrons. The maximum absolute atomic E-state index is 13.0. The lowest BCUT2D eigenvalue weighted by molar-refractivity contribution is -0.130. The van der Waals surface area contributed by atoms with E-state index in [0.717, 1.165) is 5.56 Å². The molecule has 10 nitrogen and oxygen atoms in total. The van der Waals surface area contributed by atoms with Crippen LogP contribution in [0.3, 0.4) is 0 Å². The first-order valence-corrected chi connectivity index (χ1v) is 12.8. The molecule has 0 saturated carbocycles. The van der Waals surface area contributed by atoms with Gasteiger partial charge in [0.05, 0.1) is 31.8 Å². The standard InChI is InChI=1S/C27H45N5O5/c1-16(2)19(11-18-9-10-23(36-7)24(12-18)37-8)13-21(31-32-29)22(33)14-20(17(3)4)25(34)30-15-27(5,6)26(28)35/h9-10,12,16-17,19-22,33H,11,13-15H2,1-8H3,(H2,28,35)(H,30,34)/t19-,20-,21-,22-/m0/s1. The fraction of sp³-hybridized carbons (Fsp3) is 0.704. The molecule has 1 aromatic carbocycles. The molecule has 0 aliphatic heterocycles. The highest BCUT2D eigenvalue weighted by Gasteiger charge is 2.32. The van der Waals surface area contributed by atoms with Crippen molar-refractivity contribution in [3.05, 3.63) is 34.2 Å². The smallest absolute Gasteiger partial charge is 0.224 e. The predicted octanol–water partition coefficient (Wildman–Crippen LogP) is 4.24. The number of benzene rings is 1. The zero-order valence-corrected chi connectivity index (χ0v) is 23.5. The second-order valence-electron chi connectivity index (χ2n) is 11.0. The third-order valence-corrected chi connectivity index (χ3v) is 7.09. The molecule has 0 aliphatic rings. The van der Waals surface area contributed by atoms with E-state index in [0.29, 0.717) is 24.3 Å². The van der Waals surface area contributed by atoms with E-state index < -0.39 is 29.4 Å². The lowest BCUT2D eigenvalue weighted by Crippen LogP contribution is -2.45. The number of primary amides is 1.